The molecule has 0 N–H and O–H groups in total. The fourth-order valence-corrected chi connectivity index (χ4v) is 5.80. The molecule has 0 radical (unpaired) electrons. The van der Waals surface area contributed by atoms with E-state index in [-0.39, 0.29) is 48.4 Å². The van der Waals surface area contributed by atoms with Gasteiger partial charge in [0.25, 0.3) is 5.91 Å². The van der Waals surface area contributed by atoms with Gasteiger partial charge in [-0.2, -0.15) is 18.2 Å². The van der Waals surface area contributed by atoms with Gasteiger partial charge in [-0.15, -0.1) is 0 Å². The number of halogens is 3. The highest BCUT2D eigenvalue weighted by Gasteiger charge is 2.35. The number of hydrogen-bond acceptors (Lipinski definition) is 5. The van der Waals surface area contributed by atoms with Gasteiger partial charge in [-0.05, 0) is 31.0 Å². The first-order valence-electron chi connectivity index (χ1n) is 12.8. The Bertz CT molecular complexity index is 1390. The monoisotopic (exact) mass is 572 g/mol. The van der Waals surface area contributed by atoms with E-state index in [1.54, 1.807) is 6.07 Å². The van der Waals surface area contributed by atoms with Gasteiger partial charge in [0.1, 0.15) is 5.75 Å². The van der Waals surface area contributed by atoms with Gasteiger partial charge in [-0.3, -0.25) is 14.2 Å². The SMILES string of the molecule is Cn1c(C(C)(C)C)cc(=NC(=O)c2cc(C(F)(F)F)ccc2OCC2CN(S(C)(=O)=O)C2)n1C[C@H]1CCCO1. The molecule has 3 heterocycles. The Hall–Kier alpha value is -2.64. The first-order valence-corrected chi connectivity index (χ1v) is 14.7. The molecular weight excluding hydrogens is 537 g/mol. The summed E-state index contributed by atoms with van der Waals surface area (Å²) in [5.74, 6) is -1.04. The van der Waals surface area contributed by atoms with Gasteiger partial charge in [0.15, 0.2) is 5.49 Å². The molecule has 0 aliphatic carbocycles. The van der Waals surface area contributed by atoms with Gasteiger partial charge in [-0.1, -0.05) is 20.8 Å². The molecule has 0 unspecified atom stereocenters. The summed E-state index contributed by atoms with van der Waals surface area (Å²) in [7, 11) is -1.46. The molecule has 2 aliphatic heterocycles. The van der Waals surface area contributed by atoms with Crippen molar-refractivity contribution in [3.05, 3.63) is 46.6 Å². The second kappa shape index (κ2) is 10.7. The van der Waals surface area contributed by atoms with Gasteiger partial charge in [0.05, 0.1) is 36.6 Å². The van der Waals surface area contributed by atoms with Crippen LogP contribution in [0, 0.1) is 5.92 Å². The van der Waals surface area contributed by atoms with Crippen LogP contribution < -0.4 is 10.2 Å². The Morgan fingerprint density at radius 3 is 2.44 bits per heavy atom. The minimum atomic E-state index is -4.66. The standard InChI is InChI=1S/C26H35F3N4O5S/c1-25(2,3)22-12-23(33(31(22)4)15-19-7-6-10-37-19)30-24(34)20-11-18(26(27,28)29)8-9-21(20)38-16-17-13-32(14-17)39(5,35)36/h8-9,11-12,17,19H,6-7,10,13-16H2,1-5H3/t19-/m1/s1. The molecule has 2 saturated heterocycles. The number of alkyl halides is 3. The summed E-state index contributed by atoms with van der Waals surface area (Å²) in [5.41, 5.74) is -0.372. The van der Waals surface area contributed by atoms with E-state index in [1.807, 2.05) is 37.2 Å². The van der Waals surface area contributed by atoms with Crippen LogP contribution in [-0.4, -0.2) is 66.7 Å². The lowest BCUT2D eigenvalue weighted by atomic mass is 9.92. The highest BCUT2D eigenvalue weighted by Crippen LogP contribution is 2.33. The van der Waals surface area contributed by atoms with Crippen LogP contribution in [-0.2, 0) is 39.9 Å². The number of amides is 1. The van der Waals surface area contributed by atoms with Crippen molar-refractivity contribution in [1.29, 1.82) is 0 Å². The van der Waals surface area contributed by atoms with Crippen molar-refractivity contribution >= 4 is 15.9 Å². The van der Waals surface area contributed by atoms with E-state index >= 15 is 0 Å². The van der Waals surface area contributed by atoms with Gasteiger partial charge in [-0.25, -0.2) is 12.7 Å². The number of ether oxygens (including phenoxy) is 2. The smallest absolute Gasteiger partial charge is 0.416 e. The summed E-state index contributed by atoms with van der Waals surface area (Å²) < 4.78 is 80.4. The zero-order valence-corrected chi connectivity index (χ0v) is 23.6. The zero-order valence-electron chi connectivity index (χ0n) is 22.8. The lowest BCUT2D eigenvalue weighted by Crippen LogP contribution is -2.51. The Labute approximate surface area is 226 Å². The second-order valence-corrected chi connectivity index (χ2v) is 13.2. The number of carbonyl (C=O) groups is 1. The van der Waals surface area contributed by atoms with E-state index in [0.717, 1.165) is 43.0 Å². The summed E-state index contributed by atoms with van der Waals surface area (Å²) in [5, 5.41) is 0. The number of carbonyl (C=O) groups excluding carboxylic acids is 1. The summed E-state index contributed by atoms with van der Waals surface area (Å²) >= 11 is 0. The molecule has 0 spiro atoms. The minimum Gasteiger partial charge on any atom is -0.492 e. The van der Waals surface area contributed by atoms with E-state index < -0.39 is 27.7 Å². The Kier molecular flexibility index (Phi) is 8.08. The number of rotatable bonds is 7. The predicted octanol–water partition coefficient (Wildman–Crippen LogP) is 3.33. The molecular formula is C26H35F3N4O5S. The van der Waals surface area contributed by atoms with Crippen molar-refractivity contribution in [2.75, 3.05) is 32.6 Å². The lowest BCUT2D eigenvalue weighted by Gasteiger charge is -2.36. The van der Waals surface area contributed by atoms with E-state index in [0.29, 0.717) is 18.6 Å². The third-order valence-electron chi connectivity index (χ3n) is 7.03. The van der Waals surface area contributed by atoms with Crippen molar-refractivity contribution in [3.8, 4) is 5.75 Å². The topological polar surface area (TPSA) is 95.1 Å². The first-order chi connectivity index (χ1) is 18.0. The number of sulfonamides is 1. The fourth-order valence-electron chi connectivity index (χ4n) is 4.83. The third kappa shape index (κ3) is 6.75. The summed E-state index contributed by atoms with van der Waals surface area (Å²) in [6, 6.07) is 4.50. The lowest BCUT2D eigenvalue weighted by molar-refractivity contribution is -0.137. The fraction of sp³-hybridized carbons (Fsp3) is 0.615. The van der Waals surface area contributed by atoms with Crippen molar-refractivity contribution in [2.45, 2.75) is 57.9 Å². The van der Waals surface area contributed by atoms with Gasteiger partial charge in [0.2, 0.25) is 10.0 Å². The number of benzene rings is 1. The zero-order chi connectivity index (χ0) is 28.8. The molecule has 1 aromatic carbocycles. The Balaban J connectivity index is 1.68. The molecule has 216 valence electrons. The predicted molar refractivity (Wildman–Crippen MR) is 138 cm³/mol. The molecule has 0 bridgehead atoms. The quantitative estimate of drug-likeness (QED) is 0.507. The molecule has 0 saturated carbocycles. The van der Waals surface area contributed by atoms with E-state index in [4.69, 9.17) is 9.47 Å². The average Bonchev–Trinajstić information content (AvgIpc) is 3.40. The van der Waals surface area contributed by atoms with Gasteiger partial charge >= 0.3 is 6.18 Å². The van der Waals surface area contributed by atoms with E-state index in [2.05, 4.69) is 4.99 Å². The number of nitrogens with zero attached hydrogens (tertiary/aromatic N) is 4. The van der Waals surface area contributed by atoms with Crippen LogP contribution in [0.15, 0.2) is 29.3 Å². The third-order valence-corrected chi connectivity index (χ3v) is 8.27. The van der Waals surface area contributed by atoms with Crippen molar-refractivity contribution < 1.29 is 35.9 Å². The Morgan fingerprint density at radius 2 is 1.87 bits per heavy atom. The molecule has 2 aromatic rings. The maximum Gasteiger partial charge on any atom is 0.416 e. The molecule has 13 heteroatoms. The maximum atomic E-state index is 13.5. The van der Waals surface area contributed by atoms with Gasteiger partial charge in [0, 0.05) is 49.8 Å². The highest BCUT2D eigenvalue weighted by atomic mass is 32.2. The summed E-state index contributed by atoms with van der Waals surface area (Å²) in [6.07, 6.45) is -1.82. The molecule has 9 nitrogen and oxygen atoms in total. The molecule has 2 fully saturated rings. The molecule has 1 amide bonds. The normalized spacial score (nSPS) is 19.9. The molecule has 39 heavy (non-hydrogen) atoms. The minimum absolute atomic E-state index is 0.0350. The largest absolute Gasteiger partial charge is 0.492 e. The van der Waals surface area contributed by atoms with E-state index in [1.165, 1.54) is 4.31 Å². The first kappa shape index (κ1) is 29.3. The van der Waals surface area contributed by atoms with Crippen LogP contribution in [0.5, 0.6) is 5.75 Å². The van der Waals surface area contributed by atoms with Gasteiger partial charge < -0.3 is 9.47 Å². The molecule has 1 atom stereocenters. The molecule has 4 rings (SSSR count). The van der Waals surface area contributed by atoms with Crippen LogP contribution in [0.25, 0.3) is 0 Å². The van der Waals surface area contributed by atoms with Crippen LogP contribution in [0.4, 0.5) is 13.2 Å². The van der Waals surface area contributed by atoms with Crippen LogP contribution >= 0.6 is 0 Å². The highest BCUT2D eigenvalue weighted by molar-refractivity contribution is 7.88. The van der Waals surface area contributed by atoms with Crippen LogP contribution in [0.3, 0.4) is 0 Å². The van der Waals surface area contributed by atoms with Crippen molar-refractivity contribution in [2.24, 2.45) is 18.0 Å². The second-order valence-electron chi connectivity index (χ2n) is 11.3. The Morgan fingerprint density at radius 1 is 1.18 bits per heavy atom. The summed E-state index contributed by atoms with van der Waals surface area (Å²) in [6.45, 7) is 7.71. The molecule has 1 aromatic heterocycles. The number of hydrogen-bond donors (Lipinski definition) is 0. The van der Waals surface area contributed by atoms with Crippen LogP contribution in [0.1, 0.15) is 55.2 Å². The van der Waals surface area contributed by atoms with Crippen LogP contribution in [0.2, 0.25) is 0 Å². The van der Waals surface area contributed by atoms with Crippen molar-refractivity contribution in [1.82, 2.24) is 13.7 Å². The summed E-state index contributed by atoms with van der Waals surface area (Å²) in [4.78, 5) is 17.7. The van der Waals surface area contributed by atoms with E-state index in [9.17, 15) is 26.4 Å². The maximum absolute atomic E-state index is 13.5. The average molecular weight is 573 g/mol. The van der Waals surface area contributed by atoms with Crippen molar-refractivity contribution in [3.63, 3.8) is 0 Å². The number of aromatic nitrogens is 2. The molecule has 2 aliphatic rings.